The molecule has 1 fully saturated rings. The minimum absolute atomic E-state index is 0.0193. The molecule has 6 heteroatoms. The molecular weight excluding hydrogens is 282 g/mol. The third-order valence-corrected chi connectivity index (χ3v) is 3.88. The molecule has 0 unspecified atom stereocenters. The predicted molar refractivity (Wildman–Crippen MR) is 82.7 cm³/mol. The second kappa shape index (κ2) is 8.38. The van der Waals surface area contributed by atoms with Gasteiger partial charge in [0.15, 0.2) is 0 Å². The number of hydrogen-bond donors (Lipinski definition) is 3. The summed E-state index contributed by atoms with van der Waals surface area (Å²) in [5, 5.41) is 2.87. The Balaban J connectivity index is 1.67. The van der Waals surface area contributed by atoms with Crippen LogP contribution in [0.4, 0.5) is 4.79 Å². The van der Waals surface area contributed by atoms with E-state index in [1.54, 1.807) is 7.05 Å². The monoisotopic (exact) mass is 305 g/mol. The summed E-state index contributed by atoms with van der Waals surface area (Å²) in [6.07, 6.45) is 2.74. The predicted octanol–water partition coefficient (Wildman–Crippen LogP) is 1.72. The summed E-state index contributed by atoms with van der Waals surface area (Å²) < 4.78 is 5.20. The van der Waals surface area contributed by atoms with Crippen LogP contribution in [0.5, 0.6) is 0 Å². The van der Waals surface area contributed by atoms with E-state index in [0.717, 1.165) is 31.2 Å². The van der Waals surface area contributed by atoms with Crippen LogP contribution in [0.25, 0.3) is 0 Å². The van der Waals surface area contributed by atoms with E-state index in [1.165, 1.54) is 0 Å². The molecule has 0 saturated heterocycles. The van der Waals surface area contributed by atoms with Crippen LogP contribution in [0.3, 0.4) is 0 Å². The van der Waals surface area contributed by atoms with Gasteiger partial charge in [0.1, 0.15) is 6.61 Å². The van der Waals surface area contributed by atoms with Crippen molar-refractivity contribution in [1.82, 2.24) is 16.2 Å². The smallest absolute Gasteiger partial charge is 0.407 e. The zero-order chi connectivity index (χ0) is 15.8. The first-order valence-electron chi connectivity index (χ1n) is 7.63. The second-order valence-electron chi connectivity index (χ2n) is 5.49. The summed E-state index contributed by atoms with van der Waals surface area (Å²) in [4.78, 5) is 23.5. The number of nitrogens with one attached hydrogen (secondary N) is 3. The van der Waals surface area contributed by atoms with Crippen LogP contribution in [-0.4, -0.2) is 25.1 Å². The lowest BCUT2D eigenvalue weighted by Gasteiger charge is -2.27. The molecule has 1 aliphatic rings. The highest BCUT2D eigenvalue weighted by Crippen LogP contribution is 2.24. The van der Waals surface area contributed by atoms with Crippen LogP contribution in [0, 0.1) is 5.92 Å². The van der Waals surface area contributed by atoms with Gasteiger partial charge in [0.25, 0.3) is 0 Å². The molecule has 2 amide bonds. The topological polar surface area (TPSA) is 79.5 Å². The summed E-state index contributed by atoms with van der Waals surface area (Å²) in [6.45, 7) is 0.270. The number of alkyl carbamates (subject to hydrolysis) is 1. The van der Waals surface area contributed by atoms with Gasteiger partial charge in [0.05, 0.1) is 0 Å². The maximum Gasteiger partial charge on any atom is 0.407 e. The van der Waals surface area contributed by atoms with E-state index in [4.69, 9.17) is 4.74 Å². The molecule has 0 atom stereocenters. The lowest BCUT2D eigenvalue weighted by Crippen LogP contribution is -2.43. The minimum Gasteiger partial charge on any atom is -0.445 e. The second-order valence-corrected chi connectivity index (χ2v) is 5.49. The fraction of sp³-hybridized carbons (Fsp3) is 0.500. The first-order chi connectivity index (χ1) is 10.7. The summed E-state index contributed by atoms with van der Waals surface area (Å²) in [6, 6.07) is 9.66. The highest BCUT2D eigenvalue weighted by Gasteiger charge is 2.27. The number of carbonyl (C=O) groups excluding carboxylic acids is 2. The van der Waals surface area contributed by atoms with E-state index >= 15 is 0 Å². The number of ether oxygens (including phenoxy) is 1. The molecule has 3 N–H and O–H groups in total. The largest absolute Gasteiger partial charge is 0.445 e. The Bertz CT molecular complexity index is 485. The fourth-order valence-corrected chi connectivity index (χ4v) is 2.66. The molecule has 1 aromatic carbocycles. The molecule has 1 saturated carbocycles. The molecule has 0 aliphatic heterocycles. The Labute approximate surface area is 130 Å². The molecule has 1 aromatic rings. The zero-order valence-corrected chi connectivity index (χ0v) is 12.8. The zero-order valence-electron chi connectivity index (χ0n) is 12.8. The van der Waals surface area contributed by atoms with Crippen molar-refractivity contribution in [1.29, 1.82) is 0 Å². The number of hydrazine groups is 1. The van der Waals surface area contributed by atoms with Gasteiger partial charge in [-0.2, -0.15) is 0 Å². The van der Waals surface area contributed by atoms with E-state index in [-0.39, 0.29) is 24.5 Å². The van der Waals surface area contributed by atoms with Crippen molar-refractivity contribution in [3.63, 3.8) is 0 Å². The molecule has 0 aromatic heterocycles. The number of carbonyl (C=O) groups is 2. The minimum atomic E-state index is -0.396. The Morgan fingerprint density at radius 1 is 1.14 bits per heavy atom. The van der Waals surface area contributed by atoms with Crippen LogP contribution >= 0.6 is 0 Å². The number of amides is 2. The van der Waals surface area contributed by atoms with Gasteiger partial charge < -0.3 is 10.1 Å². The highest BCUT2D eigenvalue weighted by molar-refractivity contribution is 5.78. The van der Waals surface area contributed by atoms with E-state index in [1.807, 2.05) is 30.3 Å². The Morgan fingerprint density at radius 2 is 1.82 bits per heavy atom. The normalized spacial score (nSPS) is 21.0. The summed E-state index contributed by atoms with van der Waals surface area (Å²) >= 11 is 0. The van der Waals surface area contributed by atoms with Gasteiger partial charge in [0, 0.05) is 19.0 Å². The molecular formula is C16H23N3O3. The molecule has 0 bridgehead atoms. The summed E-state index contributed by atoms with van der Waals surface area (Å²) in [5.74, 6) is 0.0402. The van der Waals surface area contributed by atoms with Crippen LogP contribution in [-0.2, 0) is 16.1 Å². The Kier molecular flexibility index (Phi) is 6.21. The van der Waals surface area contributed by atoms with Crippen molar-refractivity contribution in [2.45, 2.75) is 38.3 Å². The van der Waals surface area contributed by atoms with E-state index in [0.29, 0.717) is 0 Å². The van der Waals surface area contributed by atoms with Crippen LogP contribution in [0.2, 0.25) is 0 Å². The van der Waals surface area contributed by atoms with Crippen molar-refractivity contribution in [3.05, 3.63) is 35.9 Å². The average Bonchev–Trinajstić information content (AvgIpc) is 2.55. The third kappa shape index (κ3) is 5.04. The first-order valence-corrected chi connectivity index (χ1v) is 7.63. The van der Waals surface area contributed by atoms with Gasteiger partial charge in [-0.05, 0) is 31.2 Å². The summed E-state index contributed by atoms with van der Waals surface area (Å²) in [7, 11) is 1.67. The third-order valence-electron chi connectivity index (χ3n) is 3.88. The van der Waals surface area contributed by atoms with Gasteiger partial charge in [-0.3, -0.25) is 10.2 Å². The van der Waals surface area contributed by atoms with Crippen molar-refractivity contribution in [2.75, 3.05) is 7.05 Å². The highest BCUT2D eigenvalue weighted by atomic mass is 16.5. The quantitative estimate of drug-likeness (QED) is 0.724. The van der Waals surface area contributed by atoms with Crippen LogP contribution < -0.4 is 16.2 Å². The molecule has 0 radical (unpaired) electrons. The van der Waals surface area contributed by atoms with Gasteiger partial charge in [-0.25, -0.2) is 10.2 Å². The number of benzene rings is 1. The molecule has 6 nitrogen and oxygen atoms in total. The van der Waals surface area contributed by atoms with Gasteiger partial charge in [0.2, 0.25) is 5.91 Å². The molecule has 0 spiro atoms. The first kappa shape index (κ1) is 16.3. The maximum absolute atomic E-state index is 11.8. The summed E-state index contributed by atoms with van der Waals surface area (Å²) in [5.41, 5.74) is 6.22. The van der Waals surface area contributed by atoms with Crippen molar-refractivity contribution < 1.29 is 14.3 Å². The van der Waals surface area contributed by atoms with Crippen molar-refractivity contribution >= 4 is 12.0 Å². The average molecular weight is 305 g/mol. The van der Waals surface area contributed by atoms with Crippen LogP contribution in [0.15, 0.2) is 30.3 Å². The lowest BCUT2D eigenvalue weighted by molar-refractivity contribution is -0.126. The molecule has 120 valence electrons. The number of rotatable bonds is 5. The molecule has 0 heterocycles. The van der Waals surface area contributed by atoms with E-state index in [2.05, 4.69) is 16.2 Å². The van der Waals surface area contributed by atoms with E-state index < -0.39 is 6.09 Å². The van der Waals surface area contributed by atoms with Gasteiger partial charge in [-0.1, -0.05) is 30.3 Å². The Hall–Kier alpha value is -2.08. The van der Waals surface area contributed by atoms with Gasteiger partial charge >= 0.3 is 6.09 Å². The van der Waals surface area contributed by atoms with E-state index in [9.17, 15) is 9.59 Å². The van der Waals surface area contributed by atoms with Gasteiger partial charge in [-0.15, -0.1) is 0 Å². The SMILES string of the molecule is CNNC(=O)[C@H]1CC[C@H](NC(=O)OCc2ccccc2)CC1. The lowest BCUT2D eigenvalue weighted by atomic mass is 9.85. The molecule has 2 rings (SSSR count). The van der Waals surface area contributed by atoms with Crippen molar-refractivity contribution in [2.24, 2.45) is 5.92 Å². The Morgan fingerprint density at radius 3 is 2.45 bits per heavy atom. The standard InChI is InChI=1S/C16H23N3O3/c1-17-19-15(20)13-7-9-14(10-8-13)18-16(21)22-11-12-5-3-2-4-6-12/h2-6,13-14,17H,7-11H2,1H3,(H,18,21)(H,19,20)/t13-,14-. The fourth-order valence-electron chi connectivity index (χ4n) is 2.66. The molecule has 1 aliphatic carbocycles. The maximum atomic E-state index is 11.8. The molecule has 22 heavy (non-hydrogen) atoms. The number of hydrogen-bond acceptors (Lipinski definition) is 4. The van der Waals surface area contributed by atoms with Crippen molar-refractivity contribution in [3.8, 4) is 0 Å². The van der Waals surface area contributed by atoms with Crippen LogP contribution in [0.1, 0.15) is 31.2 Å².